The second-order valence-corrected chi connectivity index (χ2v) is 29.4. The zero-order valence-electron chi connectivity index (χ0n) is 71.8. The maximum absolute atomic E-state index is 13.0. The number of phenolic OH excluding ortho intramolecular Hbond substituents is 4. The first-order valence-electron chi connectivity index (χ1n) is 41.8. The van der Waals surface area contributed by atoms with E-state index in [-0.39, 0.29) is 114 Å². The van der Waals surface area contributed by atoms with Gasteiger partial charge in [0.05, 0.1) is 47.3 Å². The molecule has 0 unspecified atom stereocenters. The van der Waals surface area contributed by atoms with Crippen LogP contribution in [0, 0.1) is 13.1 Å². The molecule has 0 saturated carbocycles. The van der Waals surface area contributed by atoms with Crippen molar-refractivity contribution < 1.29 is 44.4 Å². The molecule has 0 aliphatic heterocycles. The molecule has 8 N–H and O–H groups in total. The number of hydrogen-bond acceptors (Lipinski definition) is 26. The maximum atomic E-state index is 13.0. The Kier molecular flexibility index (Phi) is 27.0. The average molecular weight is 1820 g/mol. The van der Waals surface area contributed by atoms with Crippen LogP contribution in [0.5, 0.6) is 23.0 Å². The van der Waals surface area contributed by atoms with Crippen molar-refractivity contribution in [3.8, 4) is 46.4 Å². The number of nitrogens with one attached hydrogen (secondary N) is 4. The van der Waals surface area contributed by atoms with E-state index >= 15 is 0 Å². The van der Waals surface area contributed by atoms with Gasteiger partial charge in [-0.1, -0.05) is 194 Å². The summed E-state index contributed by atoms with van der Waals surface area (Å²) < 4.78 is 5.86. The number of imidazole rings is 1. The Morgan fingerprint density at radius 1 is 0.333 bits per heavy atom. The van der Waals surface area contributed by atoms with E-state index in [0.717, 1.165) is 5.39 Å². The van der Waals surface area contributed by atoms with Crippen molar-refractivity contribution in [1.82, 2.24) is 63.6 Å². The minimum absolute atomic E-state index is 0.0374. The maximum Gasteiger partial charge on any atom is 0.274 e. The third-order valence-electron chi connectivity index (χ3n) is 20.7. The summed E-state index contributed by atoms with van der Waals surface area (Å²) in [4.78, 5) is 99.6. The summed E-state index contributed by atoms with van der Waals surface area (Å²) in [5.41, 5.74) is 4.27. The quantitative estimate of drug-likeness (QED) is 0.0188. The van der Waals surface area contributed by atoms with Crippen molar-refractivity contribution in [2.75, 3.05) is 21.3 Å². The Balaban J connectivity index is 0.000000127. The Morgan fingerprint density at radius 2 is 0.696 bits per heavy atom. The second-order valence-electron chi connectivity index (χ2n) is 29.4. The number of nitrogens with zero attached hydrogens (tertiary/aromatic N) is 23. The number of aromatic nitrogens is 13. The van der Waals surface area contributed by atoms with Gasteiger partial charge in [-0.25, -0.2) is 44.3 Å². The van der Waals surface area contributed by atoms with Crippen molar-refractivity contribution in [1.29, 1.82) is 0 Å². The molecule has 4 amide bonds. The molecule has 0 aliphatic rings. The summed E-state index contributed by atoms with van der Waals surface area (Å²) in [7, 11) is 0. The number of rotatable bonds is 21. The predicted molar refractivity (Wildman–Crippen MR) is 518 cm³/mol. The fourth-order valence-corrected chi connectivity index (χ4v) is 14.1. The Morgan fingerprint density at radius 3 is 1.09 bits per heavy atom. The Bertz CT molecular complexity index is 7900. The van der Waals surface area contributed by atoms with Gasteiger partial charge in [0.25, 0.3) is 41.2 Å². The van der Waals surface area contributed by atoms with E-state index in [1.54, 1.807) is 219 Å². The number of benzene rings is 13. The highest BCUT2D eigenvalue weighted by Crippen LogP contribution is 2.46. The minimum atomic E-state index is -0.497. The van der Waals surface area contributed by atoms with E-state index < -0.39 is 23.6 Å². The van der Waals surface area contributed by atoms with E-state index in [4.69, 9.17) is 13.1 Å². The molecule has 0 atom stereocenters. The van der Waals surface area contributed by atoms with Gasteiger partial charge in [-0.05, 0) is 137 Å². The number of anilines is 4. The molecule has 36 nitrogen and oxygen atoms in total. The van der Waals surface area contributed by atoms with E-state index in [1.807, 2.05) is 127 Å². The SMILES string of the molecule is O=C(Nc1ccccc1)c1cc2ccccc2c(N=Nc2ncnn2-c2ncccn2)c1O.O=Cc1ncn(-c2ccccn2)c1N=Nc1c(O)c(C(=O)Nc2ccccc2)cc2ccccc12.[C-]#[N+]c1ccn(-c2ncccn2)c1N=Nc1c(O)c(C(=O)Nc2ccccc2)cc2ccccc12.[C-]#[N+]c1cnn(-c2ccccc2)c1N=Nc1c(O)c(C(=O)Nc2ccccc2)cc2ccccc12. The number of pyridine rings is 1. The van der Waals surface area contributed by atoms with Crippen molar-refractivity contribution in [3.05, 3.63) is 416 Å². The lowest BCUT2D eigenvalue weighted by atomic mass is 10.0. The van der Waals surface area contributed by atoms with Gasteiger partial charge in [-0.3, -0.25) is 33.1 Å². The molecular formula is C102H69N27O9. The molecule has 666 valence electrons. The number of carbonyl (C=O) groups excluding carboxylic acids is 5. The molecule has 7 aromatic heterocycles. The van der Waals surface area contributed by atoms with E-state index in [2.05, 4.69) is 117 Å². The zero-order valence-corrected chi connectivity index (χ0v) is 71.8. The third kappa shape index (κ3) is 20.0. The summed E-state index contributed by atoms with van der Waals surface area (Å²) in [5, 5.41) is 103. The Labute approximate surface area is 781 Å². The first kappa shape index (κ1) is 89.2. The summed E-state index contributed by atoms with van der Waals surface area (Å²) in [5.74, 6) is -1.44. The van der Waals surface area contributed by atoms with Crippen molar-refractivity contribution in [2.45, 2.75) is 0 Å². The highest BCUT2D eigenvalue weighted by Gasteiger charge is 2.26. The minimum Gasteiger partial charge on any atom is -0.505 e. The number of hydrogen-bond donors (Lipinski definition) is 8. The summed E-state index contributed by atoms with van der Waals surface area (Å²) in [6.45, 7) is 15.0. The van der Waals surface area contributed by atoms with Crippen LogP contribution in [0.3, 0.4) is 0 Å². The number of aldehydes is 1. The van der Waals surface area contributed by atoms with Gasteiger partial charge in [-0.15, -0.1) is 40.9 Å². The van der Waals surface area contributed by atoms with Gasteiger partial charge in [0.15, 0.2) is 46.7 Å². The highest BCUT2D eigenvalue weighted by atomic mass is 16.3. The number of aromatic hydroxyl groups is 4. The lowest BCUT2D eigenvalue weighted by Crippen LogP contribution is -2.12. The molecule has 7 heterocycles. The molecule has 0 radical (unpaired) electrons. The van der Waals surface area contributed by atoms with Crippen LogP contribution in [0.1, 0.15) is 51.9 Å². The number of carbonyl (C=O) groups is 5. The van der Waals surface area contributed by atoms with Crippen LogP contribution in [0.2, 0.25) is 0 Å². The van der Waals surface area contributed by atoms with Crippen LogP contribution in [0.15, 0.2) is 406 Å². The standard InChI is InChI=1S/C27H18N6O2.C26H17N7O2.C26H18N6O3.C23H16N8O2/c1-28-23-17-29-33(20-13-6-3-7-14-20)26(23)32-31-24-21-15-9-8-10-18(21)16-22(25(24)34)27(35)30-19-11-4-2-5-12-19;1-27-21-12-15-33(26-28-13-7-14-29-26)24(21)32-31-22-19-11-6-5-8-17(19)16-20(23(22)34)25(35)30-18-9-3-2-4-10-18;33-15-21-25(32(16-28-21)22-12-6-7-13-27-22)31-30-23-19-11-5-4-8-17(19)14-20(24(23)34)26(35)29-18-9-2-1-3-10-18;32-20-18(21(33)28-16-8-2-1-3-9-16)13-15-7-4-5-10-17(15)19(20)29-30-23-26-14-27-31(23)22-24-11-6-12-25-22/h2-17,34H,(H,30,35);2-16,34H,(H,30,35);1-16,34H,(H,29,35);1-14,32H,(H,28,33). The number of amides is 4. The lowest BCUT2D eigenvalue weighted by molar-refractivity contribution is 0.101. The topological polar surface area (TPSA) is 458 Å². The number of phenols is 4. The summed E-state index contributed by atoms with van der Waals surface area (Å²) in [6, 6.07) is 90.6. The van der Waals surface area contributed by atoms with Gasteiger partial charge in [-0.2, -0.15) is 19.9 Å². The molecule has 0 fully saturated rings. The highest BCUT2D eigenvalue weighted by molar-refractivity contribution is 6.15. The fourth-order valence-electron chi connectivity index (χ4n) is 14.1. The van der Waals surface area contributed by atoms with Gasteiger partial charge in [0.1, 0.15) is 46.9 Å². The summed E-state index contributed by atoms with van der Waals surface area (Å²) in [6.07, 6.45) is 14.2. The van der Waals surface area contributed by atoms with E-state index in [0.29, 0.717) is 84.2 Å². The molecule has 36 heteroatoms. The molecule has 0 saturated heterocycles. The summed E-state index contributed by atoms with van der Waals surface area (Å²) >= 11 is 0. The van der Waals surface area contributed by atoms with E-state index in [1.165, 1.54) is 37.3 Å². The molecule has 13 aromatic carbocycles. The van der Waals surface area contributed by atoms with Crippen LogP contribution in [0.25, 0.3) is 76.2 Å². The van der Waals surface area contributed by atoms with Gasteiger partial charge < -0.3 is 41.7 Å². The average Bonchev–Trinajstić information content (AvgIpc) is 1.04. The second kappa shape index (κ2) is 41.7. The van der Waals surface area contributed by atoms with Gasteiger partial charge in [0.2, 0.25) is 11.6 Å². The Hall–Kier alpha value is -20.8. The molecule has 138 heavy (non-hydrogen) atoms. The first-order chi connectivity index (χ1) is 67.7. The van der Waals surface area contributed by atoms with Crippen LogP contribution < -0.4 is 21.3 Å². The number of fused-ring (bicyclic) bond motifs is 4. The molecule has 0 spiro atoms. The van der Waals surface area contributed by atoms with Gasteiger partial charge in [0, 0.05) is 81.5 Å². The monoisotopic (exact) mass is 1820 g/mol. The molecule has 20 rings (SSSR count). The van der Waals surface area contributed by atoms with Crippen LogP contribution in [-0.2, 0) is 0 Å². The molecular weight excluding hydrogens is 1750 g/mol. The number of azo groups is 4. The smallest absolute Gasteiger partial charge is 0.274 e. The molecule has 0 aliphatic carbocycles. The third-order valence-corrected chi connectivity index (χ3v) is 20.7. The molecule has 20 aromatic rings. The van der Waals surface area contributed by atoms with E-state index in [9.17, 15) is 44.4 Å². The van der Waals surface area contributed by atoms with Crippen LogP contribution >= 0.6 is 0 Å². The predicted octanol–water partition coefficient (Wildman–Crippen LogP) is 23.5. The van der Waals surface area contributed by atoms with Crippen LogP contribution in [0.4, 0.5) is 80.3 Å². The molecule has 0 bridgehead atoms. The van der Waals surface area contributed by atoms with Crippen LogP contribution in [-0.4, -0.2) is 114 Å². The van der Waals surface area contributed by atoms with Crippen molar-refractivity contribution >= 4 is 153 Å². The van der Waals surface area contributed by atoms with Crippen molar-refractivity contribution in [3.63, 3.8) is 0 Å². The first-order valence-corrected chi connectivity index (χ1v) is 41.8. The largest absolute Gasteiger partial charge is 0.505 e. The normalized spacial score (nSPS) is 11.0. The number of para-hydroxylation sites is 5. The van der Waals surface area contributed by atoms with Gasteiger partial charge >= 0.3 is 0 Å². The fraction of sp³-hybridized carbons (Fsp3) is 0. The lowest BCUT2D eigenvalue weighted by Gasteiger charge is -2.11. The zero-order chi connectivity index (χ0) is 95.2. The van der Waals surface area contributed by atoms with Crippen molar-refractivity contribution in [2.24, 2.45) is 40.9 Å².